The van der Waals surface area contributed by atoms with E-state index in [1.807, 2.05) is 0 Å². The highest BCUT2D eigenvalue weighted by molar-refractivity contribution is 6.33. The third-order valence-corrected chi connectivity index (χ3v) is 2.56. The summed E-state index contributed by atoms with van der Waals surface area (Å²) in [4.78, 5) is 0. The number of hydrogen-bond acceptors (Lipinski definition) is 4. The SMILES string of the molecule is COc1c(C)cc(C(N)CO)c(O)c1Cl. The summed E-state index contributed by atoms with van der Waals surface area (Å²) in [5.41, 5.74) is 6.80. The van der Waals surface area contributed by atoms with Crippen molar-refractivity contribution in [3.05, 3.63) is 22.2 Å². The van der Waals surface area contributed by atoms with Crippen LogP contribution in [0.5, 0.6) is 11.5 Å². The molecule has 1 rings (SSSR count). The molecular formula is C10H14ClNO3. The number of phenolic OH excluding ortho intramolecular Hbond substituents is 1. The molecule has 5 heteroatoms. The average Bonchev–Trinajstić information content (AvgIpc) is 2.23. The molecule has 4 N–H and O–H groups in total. The molecule has 0 saturated carbocycles. The van der Waals surface area contributed by atoms with Gasteiger partial charge >= 0.3 is 0 Å². The first-order valence-corrected chi connectivity index (χ1v) is 4.83. The van der Waals surface area contributed by atoms with Gasteiger partial charge in [-0.3, -0.25) is 0 Å². The molecule has 1 aromatic rings. The zero-order valence-corrected chi connectivity index (χ0v) is 9.38. The number of halogens is 1. The van der Waals surface area contributed by atoms with Crippen LogP contribution in [0.3, 0.4) is 0 Å². The van der Waals surface area contributed by atoms with Crippen molar-refractivity contribution in [2.45, 2.75) is 13.0 Å². The molecule has 1 unspecified atom stereocenters. The third-order valence-electron chi connectivity index (χ3n) is 2.21. The Bertz CT molecular complexity index is 368. The molecule has 84 valence electrons. The second-order valence-corrected chi connectivity index (χ2v) is 3.65. The summed E-state index contributed by atoms with van der Waals surface area (Å²) >= 11 is 5.89. The van der Waals surface area contributed by atoms with Gasteiger partial charge < -0.3 is 20.7 Å². The number of aryl methyl sites for hydroxylation is 1. The summed E-state index contributed by atoms with van der Waals surface area (Å²) in [6.07, 6.45) is 0. The van der Waals surface area contributed by atoms with Crippen molar-refractivity contribution in [1.29, 1.82) is 0 Å². The summed E-state index contributed by atoms with van der Waals surface area (Å²) in [7, 11) is 1.47. The van der Waals surface area contributed by atoms with Gasteiger partial charge in [0.15, 0.2) is 0 Å². The fraction of sp³-hybridized carbons (Fsp3) is 0.400. The van der Waals surface area contributed by atoms with E-state index in [1.54, 1.807) is 13.0 Å². The predicted octanol–water partition coefficient (Wildman–Crippen LogP) is 1.35. The van der Waals surface area contributed by atoms with Crippen molar-refractivity contribution >= 4 is 11.6 Å². The monoisotopic (exact) mass is 231 g/mol. The van der Waals surface area contributed by atoms with Crippen LogP contribution < -0.4 is 10.5 Å². The van der Waals surface area contributed by atoms with E-state index in [4.69, 9.17) is 27.2 Å². The number of nitrogens with two attached hydrogens (primary N) is 1. The second kappa shape index (κ2) is 4.70. The number of aromatic hydroxyl groups is 1. The smallest absolute Gasteiger partial charge is 0.144 e. The van der Waals surface area contributed by atoms with Crippen LogP contribution in [0.25, 0.3) is 0 Å². The maximum absolute atomic E-state index is 9.73. The maximum Gasteiger partial charge on any atom is 0.144 e. The minimum Gasteiger partial charge on any atom is -0.506 e. The molecule has 0 aliphatic heterocycles. The quantitative estimate of drug-likeness (QED) is 0.734. The number of aliphatic hydroxyl groups excluding tert-OH is 1. The molecule has 0 aliphatic rings. The molecule has 0 aliphatic carbocycles. The van der Waals surface area contributed by atoms with Gasteiger partial charge in [0, 0.05) is 5.56 Å². The van der Waals surface area contributed by atoms with E-state index in [2.05, 4.69) is 0 Å². The molecule has 0 fully saturated rings. The number of phenols is 1. The van der Waals surface area contributed by atoms with Gasteiger partial charge in [-0.2, -0.15) is 0 Å². The van der Waals surface area contributed by atoms with Crippen LogP contribution in [0.2, 0.25) is 5.02 Å². The number of methoxy groups -OCH3 is 1. The Morgan fingerprint density at radius 3 is 2.67 bits per heavy atom. The Hall–Kier alpha value is -0.970. The van der Waals surface area contributed by atoms with E-state index in [0.29, 0.717) is 11.3 Å². The largest absolute Gasteiger partial charge is 0.506 e. The number of hydrogen-bond donors (Lipinski definition) is 3. The minimum absolute atomic E-state index is 0.122. The first-order chi connectivity index (χ1) is 7.02. The Labute approximate surface area is 93.2 Å². The Kier molecular flexibility index (Phi) is 3.79. The molecule has 0 heterocycles. The molecule has 0 amide bonds. The second-order valence-electron chi connectivity index (χ2n) is 3.27. The lowest BCUT2D eigenvalue weighted by molar-refractivity contribution is 0.265. The number of ether oxygens (including phenoxy) is 1. The van der Waals surface area contributed by atoms with E-state index < -0.39 is 6.04 Å². The zero-order chi connectivity index (χ0) is 11.6. The standard InChI is InChI=1S/C10H14ClNO3/c1-5-3-6(7(12)4-13)9(14)8(11)10(5)15-2/h3,7,13-14H,4,12H2,1-2H3. The average molecular weight is 232 g/mol. The molecule has 0 aromatic heterocycles. The van der Waals surface area contributed by atoms with Crippen LogP contribution in [-0.4, -0.2) is 23.9 Å². The summed E-state index contributed by atoms with van der Waals surface area (Å²) in [6, 6.07) is 1.01. The first kappa shape index (κ1) is 12.1. The summed E-state index contributed by atoms with van der Waals surface area (Å²) in [5.74, 6) is 0.281. The van der Waals surface area contributed by atoms with Crippen molar-refractivity contribution in [3.8, 4) is 11.5 Å². The van der Waals surface area contributed by atoms with Crippen LogP contribution >= 0.6 is 11.6 Å². The van der Waals surface area contributed by atoms with Crippen LogP contribution in [0.15, 0.2) is 6.07 Å². The highest BCUT2D eigenvalue weighted by Crippen LogP contribution is 2.40. The van der Waals surface area contributed by atoms with Crippen LogP contribution in [0.1, 0.15) is 17.2 Å². The first-order valence-electron chi connectivity index (χ1n) is 4.45. The lowest BCUT2D eigenvalue weighted by atomic mass is 10.0. The lowest BCUT2D eigenvalue weighted by Crippen LogP contribution is -2.15. The van der Waals surface area contributed by atoms with Crippen molar-refractivity contribution in [3.63, 3.8) is 0 Å². The zero-order valence-electron chi connectivity index (χ0n) is 8.62. The van der Waals surface area contributed by atoms with E-state index in [-0.39, 0.29) is 17.4 Å². The van der Waals surface area contributed by atoms with Crippen molar-refractivity contribution < 1.29 is 14.9 Å². The summed E-state index contributed by atoms with van der Waals surface area (Å²) in [5, 5.41) is 18.8. The molecule has 0 saturated heterocycles. The van der Waals surface area contributed by atoms with Gasteiger partial charge in [0.25, 0.3) is 0 Å². The van der Waals surface area contributed by atoms with Crippen molar-refractivity contribution in [2.75, 3.05) is 13.7 Å². The Balaban J connectivity index is 3.33. The molecule has 4 nitrogen and oxygen atoms in total. The van der Waals surface area contributed by atoms with E-state index in [9.17, 15) is 5.11 Å². The lowest BCUT2D eigenvalue weighted by Gasteiger charge is -2.16. The fourth-order valence-corrected chi connectivity index (χ4v) is 1.74. The van der Waals surface area contributed by atoms with E-state index in [0.717, 1.165) is 5.56 Å². The number of rotatable bonds is 3. The highest BCUT2D eigenvalue weighted by atomic mass is 35.5. The molecular weight excluding hydrogens is 218 g/mol. The van der Waals surface area contributed by atoms with E-state index in [1.165, 1.54) is 7.11 Å². The van der Waals surface area contributed by atoms with Crippen LogP contribution in [0, 0.1) is 6.92 Å². The number of aliphatic hydroxyl groups is 1. The number of benzene rings is 1. The molecule has 0 spiro atoms. The van der Waals surface area contributed by atoms with Crippen LogP contribution in [0.4, 0.5) is 0 Å². The maximum atomic E-state index is 9.73. The van der Waals surface area contributed by atoms with Gasteiger partial charge in [-0.05, 0) is 18.6 Å². The summed E-state index contributed by atoms with van der Waals surface area (Å²) in [6.45, 7) is 1.54. The minimum atomic E-state index is -0.646. The van der Waals surface area contributed by atoms with Gasteiger partial charge in [0.2, 0.25) is 0 Å². The summed E-state index contributed by atoms with van der Waals surface area (Å²) < 4.78 is 5.03. The van der Waals surface area contributed by atoms with E-state index >= 15 is 0 Å². The Morgan fingerprint density at radius 1 is 1.60 bits per heavy atom. The topological polar surface area (TPSA) is 75.7 Å². The Morgan fingerprint density at radius 2 is 2.20 bits per heavy atom. The molecule has 1 atom stereocenters. The van der Waals surface area contributed by atoms with Crippen molar-refractivity contribution in [1.82, 2.24) is 0 Å². The van der Waals surface area contributed by atoms with Gasteiger partial charge in [0.1, 0.15) is 16.5 Å². The fourth-order valence-electron chi connectivity index (χ4n) is 1.41. The van der Waals surface area contributed by atoms with Gasteiger partial charge in [0.05, 0.1) is 19.8 Å². The highest BCUT2D eigenvalue weighted by Gasteiger charge is 2.18. The molecule has 0 radical (unpaired) electrons. The van der Waals surface area contributed by atoms with Crippen molar-refractivity contribution in [2.24, 2.45) is 5.73 Å². The molecule has 15 heavy (non-hydrogen) atoms. The molecule has 0 bridgehead atoms. The van der Waals surface area contributed by atoms with Gasteiger partial charge in [-0.1, -0.05) is 11.6 Å². The normalized spacial score (nSPS) is 12.6. The molecule has 1 aromatic carbocycles. The van der Waals surface area contributed by atoms with Crippen LogP contribution in [-0.2, 0) is 0 Å². The third kappa shape index (κ3) is 2.17. The predicted molar refractivity (Wildman–Crippen MR) is 58.4 cm³/mol. The van der Waals surface area contributed by atoms with Gasteiger partial charge in [-0.25, -0.2) is 0 Å². The van der Waals surface area contributed by atoms with Gasteiger partial charge in [-0.15, -0.1) is 0 Å².